The summed E-state index contributed by atoms with van der Waals surface area (Å²) in [7, 11) is 0. The molecule has 0 atom stereocenters. The highest BCUT2D eigenvalue weighted by atomic mass is 16.2. The van der Waals surface area contributed by atoms with Crippen molar-refractivity contribution in [1.82, 2.24) is 5.32 Å². The lowest BCUT2D eigenvalue weighted by Gasteiger charge is -2.30. The summed E-state index contributed by atoms with van der Waals surface area (Å²) in [6, 6.07) is 9.22. The Labute approximate surface area is 109 Å². The molecule has 0 radical (unpaired) electrons. The summed E-state index contributed by atoms with van der Waals surface area (Å²) in [6.07, 6.45) is 1.93. The van der Waals surface area contributed by atoms with Crippen molar-refractivity contribution < 1.29 is 4.79 Å². The molecule has 0 saturated heterocycles. The molecular weight excluding hydrogens is 226 g/mol. The van der Waals surface area contributed by atoms with Crippen LogP contribution in [-0.2, 0) is 0 Å². The zero-order chi connectivity index (χ0) is 13.4. The van der Waals surface area contributed by atoms with Crippen molar-refractivity contribution in [2.45, 2.75) is 26.7 Å². The van der Waals surface area contributed by atoms with Gasteiger partial charge in [-0.3, -0.25) is 0 Å². The number of nitrogens with two attached hydrogens (primary N) is 1. The molecule has 0 aliphatic rings. The summed E-state index contributed by atoms with van der Waals surface area (Å²) in [4.78, 5) is 11.7. The van der Waals surface area contributed by atoms with Crippen molar-refractivity contribution in [3.63, 3.8) is 0 Å². The van der Waals surface area contributed by atoms with Crippen LogP contribution in [0.4, 0.5) is 10.5 Å². The quantitative estimate of drug-likeness (QED) is 0.725. The Morgan fingerprint density at radius 1 is 1.22 bits per heavy atom. The van der Waals surface area contributed by atoms with Crippen LogP contribution in [0.25, 0.3) is 0 Å². The number of amides is 2. The highest BCUT2D eigenvalue weighted by molar-refractivity contribution is 5.89. The first-order chi connectivity index (χ1) is 8.65. The van der Waals surface area contributed by atoms with Crippen LogP contribution < -0.4 is 16.4 Å². The molecule has 0 heterocycles. The second-order valence-corrected chi connectivity index (χ2v) is 4.58. The maximum absolute atomic E-state index is 11.7. The van der Waals surface area contributed by atoms with Gasteiger partial charge in [-0.1, -0.05) is 32.0 Å². The van der Waals surface area contributed by atoms with Gasteiger partial charge in [0.05, 0.1) is 0 Å². The summed E-state index contributed by atoms with van der Waals surface area (Å²) < 4.78 is 0. The van der Waals surface area contributed by atoms with Gasteiger partial charge in [0.15, 0.2) is 0 Å². The third-order valence-corrected chi connectivity index (χ3v) is 3.59. The van der Waals surface area contributed by atoms with E-state index in [9.17, 15) is 4.79 Å². The lowest BCUT2D eigenvalue weighted by Crippen LogP contribution is -2.43. The first-order valence-corrected chi connectivity index (χ1v) is 6.46. The summed E-state index contributed by atoms with van der Waals surface area (Å²) in [5.74, 6) is 0. The van der Waals surface area contributed by atoms with E-state index in [1.165, 1.54) is 0 Å². The molecule has 0 spiro atoms. The van der Waals surface area contributed by atoms with Gasteiger partial charge in [-0.15, -0.1) is 0 Å². The SMILES string of the molecule is CCC(CC)(CN)CNC(=O)Nc1ccccc1. The molecule has 0 bridgehead atoms. The minimum absolute atomic E-state index is 0.00796. The lowest BCUT2D eigenvalue weighted by atomic mass is 9.82. The number of hydrogen-bond donors (Lipinski definition) is 3. The van der Waals surface area contributed by atoms with Crippen molar-refractivity contribution in [3.05, 3.63) is 30.3 Å². The maximum Gasteiger partial charge on any atom is 0.319 e. The first kappa shape index (κ1) is 14.5. The number of hydrogen-bond acceptors (Lipinski definition) is 2. The average Bonchev–Trinajstić information content (AvgIpc) is 2.42. The number of anilines is 1. The molecule has 100 valence electrons. The Balaban J connectivity index is 2.46. The van der Waals surface area contributed by atoms with Crippen molar-refractivity contribution in [1.29, 1.82) is 0 Å². The van der Waals surface area contributed by atoms with E-state index in [1.54, 1.807) is 0 Å². The Hall–Kier alpha value is -1.55. The molecule has 0 saturated carbocycles. The van der Waals surface area contributed by atoms with Crippen molar-refractivity contribution in [3.8, 4) is 0 Å². The van der Waals surface area contributed by atoms with Gasteiger partial charge in [-0.2, -0.15) is 0 Å². The third-order valence-electron chi connectivity index (χ3n) is 3.59. The van der Waals surface area contributed by atoms with E-state index in [2.05, 4.69) is 24.5 Å². The van der Waals surface area contributed by atoms with E-state index < -0.39 is 0 Å². The van der Waals surface area contributed by atoms with Crippen molar-refractivity contribution >= 4 is 11.7 Å². The van der Waals surface area contributed by atoms with Crippen molar-refractivity contribution in [2.75, 3.05) is 18.4 Å². The van der Waals surface area contributed by atoms with Gasteiger partial charge in [-0.25, -0.2) is 4.79 Å². The zero-order valence-corrected chi connectivity index (χ0v) is 11.2. The van der Waals surface area contributed by atoms with Gasteiger partial charge in [0.1, 0.15) is 0 Å². The van der Waals surface area contributed by atoms with Gasteiger partial charge in [0, 0.05) is 12.2 Å². The number of nitrogens with one attached hydrogen (secondary N) is 2. The van der Waals surface area contributed by atoms with Gasteiger partial charge in [0.25, 0.3) is 0 Å². The fraction of sp³-hybridized carbons (Fsp3) is 0.500. The van der Waals surface area contributed by atoms with E-state index in [0.717, 1.165) is 18.5 Å². The van der Waals surface area contributed by atoms with E-state index in [1.807, 2.05) is 30.3 Å². The van der Waals surface area contributed by atoms with Crippen LogP contribution in [-0.4, -0.2) is 19.1 Å². The molecule has 4 N–H and O–H groups in total. The Morgan fingerprint density at radius 3 is 2.33 bits per heavy atom. The predicted octanol–water partition coefficient (Wildman–Crippen LogP) is 2.57. The van der Waals surface area contributed by atoms with E-state index in [4.69, 9.17) is 5.73 Å². The van der Waals surface area contributed by atoms with Gasteiger partial charge < -0.3 is 16.4 Å². The van der Waals surface area contributed by atoms with Crippen LogP contribution >= 0.6 is 0 Å². The fourth-order valence-electron chi connectivity index (χ4n) is 1.83. The largest absolute Gasteiger partial charge is 0.337 e. The summed E-state index contributed by atoms with van der Waals surface area (Å²) in [5, 5.41) is 5.69. The van der Waals surface area contributed by atoms with Crippen LogP contribution in [0, 0.1) is 5.41 Å². The number of benzene rings is 1. The monoisotopic (exact) mass is 249 g/mol. The summed E-state index contributed by atoms with van der Waals surface area (Å²) >= 11 is 0. The first-order valence-electron chi connectivity index (χ1n) is 6.46. The third kappa shape index (κ3) is 4.04. The smallest absolute Gasteiger partial charge is 0.319 e. The molecule has 1 aromatic carbocycles. The molecule has 4 nitrogen and oxygen atoms in total. The number of rotatable bonds is 6. The van der Waals surface area contributed by atoms with Gasteiger partial charge in [-0.05, 0) is 36.9 Å². The van der Waals surface area contributed by atoms with Crippen LogP contribution in [0.2, 0.25) is 0 Å². The fourth-order valence-corrected chi connectivity index (χ4v) is 1.83. The highest BCUT2D eigenvalue weighted by Gasteiger charge is 2.24. The minimum atomic E-state index is -0.180. The van der Waals surface area contributed by atoms with Gasteiger partial charge >= 0.3 is 6.03 Å². The molecule has 18 heavy (non-hydrogen) atoms. The van der Waals surface area contributed by atoms with E-state index in [0.29, 0.717) is 13.1 Å². The summed E-state index contributed by atoms with van der Waals surface area (Å²) in [6.45, 7) is 5.40. The zero-order valence-electron chi connectivity index (χ0n) is 11.2. The number of carbonyl (C=O) groups excluding carboxylic acids is 1. The molecule has 0 aliphatic carbocycles. The molecule has 1 rings (SSSR count). The molecular formula is C14H23N3O. The summed E-state index contributed by atoms with van der Waals surface area (Å²) in [5.41, 5.74) is 6.60. The maximum atomic E-state index is 11.7. The molecule has 2 amide bonds. The van der Waals surface area contributed by atoms with Crippen molar-refractivity contribution in [2.24, 2.45) is 11.1 Å². The molecule has 0 unspecified atom stereocenters. The number of urea groups is 1. The Kier molecular flexibility index (Phi) is 5.65. The van der Waals surface area contributed by atoms with E-state index in [-0.39, 0.29) is 11.4 Å². The van der Waals surface area contributed by atoms with Crippen LogP contribution in [0.5, 0.6) is 0 Å². The molecule has 0 aromatic heterocycles. The lowest BCUT2D eigenvalue weighted by molar-refractivity contribution is 0.232. The predicted molar refractivity (Wildman–Crippen MR) is 75.5 cm³/mol. The molecule has 0 aliphatic heterocycles. The number of para-hydroxylation sites is 1. The van der Waals surface area contributed by atoms with E-state index >= 15 is 0 Å². The second-order valence-electron chi connectivity index (χ2n) is 4.58. The van der Waals surface area contributed by atoms with Gasteiger partial charge in [0.2, 0.25) is 0 Å². The normalized spacial score (nSPS) is 11.1. The molecule has 4 heteroatoms. The minimum Gasteiger partial charge on any atom is -0.337 e. The highest BCUT2D eigenvalue weighted by Crippen LogP contribution is 2.23. The van der Waals surface area contributed by atoms with Crippen LogP contribution in [0.15, 0.2) is 30.3 Å². The molecule has 0 fully saturated rings. The standard InChI is InChI=1S/C14H23N3O/c1-3-14(4-2,10-15)11-16-13(18)17-12-8-6-5-7-9-12/h5-9H,3-4,10-11,15H2,1-2H3,(H2,16,17,18). The topological polar surface area (TPSA) is 67.1 Å². The number of carbonyl (C=O) groups is 1. The Morgan fingerprint density at radius 2 is 1.83 bits per heavy atom. The second kappa shape index (κ2) is 7.01. The molecule has 1 aromatic rings. The Bertz CT molecular complexity index is 352. The average molecular weight is 249 g/mol. The van der Waals surface area contributed by atoms with Crippen LogP contribution in [0.3, 0.4) is 0 Å². The van der Waals surface area contributed by atoms with Crippen LogP contribution in [0.1, 0.15) is 26.7 Å².